The van der Waals surface area contributed by atoms with Crippen LogP contribution >= 0.6 is 11.6 Å². The number of anilines is 2. The first-order valence-electron chi connectivity index (χ1n) is 6.92. The highest BCUT2D eigenvalue weighted by Gasteiger charge is 2.07. The highest BCUT2D eigenvalue weighted by molar-refractivity contribution is 6.33. The first-order chi connectivity index (χ1) is 11.0. The van der Waals surface area contributed by atoms with Gasteiger partial charge in [-0.3, -0.25) is 9.78 Å². The average Bonchev–Trinajstić information content (AvgIpc) is 2.51. The predicted octanol–water partition coefficient (Wildman–Crippen LogP) is 4.28. The van der Waals surface area contributed by atoms with Crippen molar-refractivity contribution in [3.63, 3.8) is 0 Å². The summed E-state index contributed by atoms with van der Waals surface area (Å²) in [5, 5.41) is 3.17. The smallest absolute Gasteiger partial charge is 0.252 e. The van der Waals surface area contributed by atoms with E-state index in [9.17, 15) is 9.18 Å². The average molecular weight is 330 g/mol. The summed E-state index contributed by atoms with van der Waals surface area (Å²) in [4.78, 5) is 18.8. The lowest BCUT2D eigenvalue weighted by molar-refractivity contribution is 0.628. The van der Waals surface area contributed by atoms with Crippen molar-refractivity contribution in [2.75, 3.05) is 5.32 Å². The van der Waals surface area contributed by atoms with Gasteiger partial charge in [-0.1, -0.05) is 41.4 Å². The standard InChI is InChI=1S/C17H13ClFN3O/c1-10-2-4-11(5-3-10)14-9-16(23)22-17(20-14)21-15-8-12(19)6-7-13(15)18/h2-9H,1H3,(H2,20,21,22,23). The van der Waals surface area contributed by atoms with Gasteiger partial charge in [-0.05, 0) is 25.1 Å². The van der Waals surface area contributed by atoms with Crippen LogP contribution in [0.25, 0.3) is 11.3 Å². The number of aromatic amines is 1. The molecule has 0 bridgehead atoms. The van der Waals surface area contributed by atoms with Crippen molar-refractivity contribution in [2.24, 2.45) is 0 Å². The third-order valence-electron chi connectivity index (χ3n) is 3.27. The van der Waals surface area contributed by atoms with E-state index < -0.39 is 5.82 Å². The molecule has 2 N–H and O–H groups in total. The van der Waals surface area contributed by atoms with Crippen LogP contribution in [0.4, 0.5) is 16.0 Å². The van der Waals surface area contributed by atoms with Crippen LogP contribution in [0, 0.1) is 12.7 Å². The van der Waals surface area contributed by atoms with E-state index in [1.165, 1.54) is 24.3 Å². The molecule has 0 spiro atoms. The van der Waals surface area contributed by atoms with Crippen LogP contribution in [0.1, 0.15) is 5.56 Å². The van der Waals surface area contributed by atoms with Gasteiger partial charge in [0.05, 0.1) is 16.4 Å². The van der Waals surface area contributed by atoms with E-state index in [2.05, 4.69) is 15.3 Å². The van der Waals surface area contributed by atoms with Crippen LogP contribution < -0.4 is 10.9 Å². The summed E-state index contributed by atoms with van der Waals surface area (Å²) < 4.78 is 13.3. The fourth-order valence-corrected chi connectivity index (χ4v) is 2.27. The summed E-state index contributed by atoms with van der Waals surface area (Å²) in [5.41, 5.74) is 2.46. The molecule has 0 atom stereocenters. The Hall–Kier alpha value is -2.66. The molecule has 0 saturated heterocycles. The zero-order valence-corrected chi connectivity index (χ0v) is 13.0. The maximum Gasteiger partial charge on any atom is 0.252 e. The molecule has 0 radical (unpaired) electrons. The zero-order valence-electron chi connectivity index (χ0n) is 12.2. The number of nitrogens with zero attached hydrogens (tertiary/aromatic N) is 1. The Kier molecular flexibility index (Phi) is 4.12. The second kappa shape index (κ2) is 6.22. The van der Waals surface area contributed by atoms with Gasteiger partial charge in [0, 0.05) is 11.6 Å². The molecule has 0 saturated carbocycles. The molecule has 3 rings (SSSR count). The minimum absolute atomic E-state index is 0.195. The molecule has 0 amide bonds. The van der Waals surface area contributed by atoms with Crippen LogP contribution in [0.2, 0.25) is 5.02 Å². The van der Waals surface area contributed by atoms with Crippen molar-refractivity contribution >= 4 is 23.2 Å². The number of H-pyrrole nitrogens is 1. The van der Waals surface area contributed by atoms with Gasteiger partial charge in [-0.2, -0.15) is 0 Å². The van der Waals surface area contributed by atoms with Crippen LogP contribution in [0.15, 0.2) is 53.3 Å². The molecular formula is C17H13ClFN3O. The van der Waals surface area contributed by atoms with Gasteiger partial charge in [-0.25, -0.2) is 9.37 Å². The van der Waals surface area contributed by atoms with Crippen LogP contribution in [0.5, 0.6) is 0 Å². The first kappa shape index (κ1) is 15.2. The fourth-order valence-electron chi connectivity index (χ4n) is 2.11. The van der Waals surface area contributed by atoms with Crippen molar-refractivity contribution in [3.8, 4) is 11.3 Å². The zero-order chi connectivity index (χ0) is 16.4. The highest BCUT2D eigenvalue weighted by atomic mass is 35.5. The molecule has 116 valence electrons. The molecule has 0 unspecified atom stereocenters. The Morgan fingerprint density at radius 2 is 1.87 bits per heavy atom. The lowest BCUT2D eigenvalue weighted by Crippen LogP contribution is -2.10. The SMILES string of the molecule is Cc1ccc(-c2cc(=O)[nH]c(Nc3cc(F)ccc3Cl)n2)cc1. The summed E-state index contributed by atoms with van der Waals surface area (Å²) in [6.07, 6.45) is 0. The van der Waals surface area contributed by atoms with E-state index in [4.69, 9.17) is 11.6 Å². The predicted molar refractivity (Wildman–Crippen MR) is 89.7 cm³/mol. The largest absolute Gasteiger partial charge is 0.324 e. The number of aryl methyl sites for hydroxylation is 1. The molecule has 0 fully saturated rings. The van der Waals surface area contributed by atoms with E-state index in [1.807, 2.05) is 31.2 Å². The normalized spacial score (nSPS) is 10.6. The molecule has 2 aromatic carbocycles. The number of halogens is 2. The monoisotopic (exact) mass is 329 g/mol. The van der Waals surface area contributed by atoms with Gasteiger partial charge in [0.15, 0.2) is 0 Å². The van der Waals surface area contributed by atoms with E-state index >= 15 is 0 Å². The molecular weight excluding hydrogens is 317 g/mol. The van der Waals surface area contributed by atoms with E-state index in [0.717, 1.165) is 11.1 Å². The van der Waals surface area contributed by atoms with E-state index in [0.29, 0.717) is 16.4 Å². The Balaban J connectivity index is 1.99. The molecule has 0 aliphatic heterocycles. The summed E-state index contributed by atoms with van der Waals surface area (Å²) >= 11 is 6.01. The van der Waals surface area contributed by atoms with Crippen molar-refractivity contribution in [3.05, 3.63) is 75.3 Å². The number of nitrogens with one attached hydrogen (secondary N) is 2. The van der Waals surface area contributed by atoms with E-state index in [-0.39, 0.29) is 11.5 Å². The second-order valence-corrected chi connectivity index (χ2v) is 5.50. The number of benzene rings is 2. The Morgan fingerprint density at radius 3 is 2.61 bits per heavy atom. The first-order valence-corrected chi connectivity index (χ1v) is 7.29. The van der Waals surface area contributed by atoms with Crippen molar-refractivity contribution in [2.45, 2.75) is 6.92 Å². The minimum Gasteiger partial charge on any atom is -0.324 e. The van der Waals surface area contributed by atoms with Gasteiger partial charge >= 0.3 is 0 Å². The van der Waals surface area contributed by atoms with Crippen molar-refractivity contribution < 1.29 is 4.39 Å². The number of rotatable bonds is 3. The second-order valence-electron chi connectivity index (χ2n) is 5.09. The maximum atomic E-state index is 13.3. The molecule has 4 nitrogen and oxygen atoms in total. The topological polar surface area (TPSA) is 57.8 Å². The Morgan fingerprint density at radius 1 is 1.13 bits per heavy atom. The molecule has 6 heteroatoms. The number of aromatic nitrogens is 2. The minimum atomic E-state index is -0.436. The van der Waals surface area contributed by atoms with Crippen LogP contribution in [-0.2, 0) is 0 Å². The summed E-state index contributed by atoms with van der Waals surface area (Å²) in [6, 6.07) is 13.0. The third-order valence-corrected chi connectivity index (χ3v) is 3.60. The van der Waals surface area contributed by atoms with Gasteiger partial charge < -0.3 is 5.32 Å². The summed E-state index contributed by atoms with van der Waals surface area (Å²) in [5.74, 6) is -0.241. The molecule has 0 aliphatic carbocycles. The lowest BCUT2D eigenvalue weighted by Gasteiger charge is -2.09. The van der Waals surface area contributed by atoms with Gasteiger partial charge in [-0.15, -0.1) is 0 Å². The van der Waals surface area contributed by atoms with Crippen molar-refractivity contribution in [1.82, 2.24) is 9.97 Å². The third kappa shape index (κ3) is 3.57. The molecule has 23 heavy (non-hydrogen) atoms. The molecule has 0 aliphatic rings. The lowest BCUT2D eigenvalue weighted by atomic mass is 10.1. The van der Waals surface area contributed by atoms with Gasteiger partial charge in [0.2, 0.25) is 5.95 Å². The summed E-state index contributed by atoms with van der Waals surface area (Å²) in [7, 11) is 0. The van der Waals surface area contributed by atoms with Crippen molar-refractivity contribution in [1.29, 1.82) is 0 Å². The van der Waals surface area contributed by atoms with Crippen LogP contribution in [-0.4, -0.2) is 9.97 Å². The quantitative estimate of drug-likeness (QED) is 0.754. The molecule has 1 aromatic heterocycles. The number of hydrogen-bond acceptors (Lipinski definition) is 3. The number of hydrogen-bond donors (Lipinski definition) is 2. The van der Waals surface area contributed by atoms with Crippen LogP contribution in [0.3, 0.4) is 0 Å². The molecule has 1 heterocycles. The van der Waals surface area contributed by atoms with Gasteiger partial charge in [0.25, 0.3) is 5.56 Å². The Bertz CT molecular complexity index is 906. The Labute approximate surface area is 137 Å². The van der Waals surface area contributed by atoms with E-state index in [1.54, 1.807) is 0 Å². The fraction of sp³-hybridized carbons (Fsp3) is 0.0588. The van der Waals surface area contributed by atoms with Gasteiger partial charge in [0.1, 0.15) is 5.82 Å². The highest BCUT2D eigenvalue weighted by Crippen LogP contribution is 2.25. The maximum absolute atomic E-state index is 13.3. The molecule has 3 aromatic rings. The summed E-state index contributed by atoms with van der Waals surface area (Å²) in [6.45, 7) is 1.98.